The molecule has 0 bridgehead atoms. The van der Waals surface area contributed by atoms with Crippen molar-refractivity contribution < 1.29 is 27.5 Å². The minimum absolute atomic E-state index is 0.000977. The maximum Gasteiger partial charge on any atom is 0.354 e. The number of rotatable bonds is 7. The lowest BCUT2D eigenvalue weighted by molar-refractivity contribution is 0.0528. The second kappa shape index (κ2) is 8.17. The predicted molar refractivity (Wildman–Crippen MR) is 107 cm³/mol. The third-order valence-corrected chi connectivity index (χ3v) is 6.91. The molecule has 0 aliphatic heterocycles. The third-order valence-electron chi connectivity index (χ3n) is 3.66. The molecule has 0 unspecified atom stereocenters. The molecule has 11 heteroatoms. The zero-order valence-electron chi connectivity index (χ0n) is 14.8. The van der Waals surface area contributed by atoms with Gasteiger partial charge in [0.25, 0.3) is 10.0 Å². The first kappa shape index (κ1) is 20.1. The zero-order chi connectivity index (χ0) is 20.3. The molecule has 0 radical (unpaired) electrons. The maximum absolute atomic E-state index is 12.7. The summed E-state index contributed by atoms with van der Waals surface area (Å²) in [5, 5.41) is 3.70. The first-order valence-electron chi connectivity index (χ1n) is 7.99. The van der Waals surface area contributed by atoms with Crippen LogP contribution in [0.15, 0.2) is 40.1 Å². The van der Waals surface area contributed by atoms with E-state index in [0.717, 1.165) is 22.3 Å². The molecule has 0 amide bonds. The standard InChI is InChI=1S/C17H16N2O6S3/c1-3-25-17(21)14-11(13-5-4-6-26-13)9-27-15(14)19-28(22,23)10-7-12(18-8-10)16(20)24-2/h4-9,18-19H,3H2,1-2H3. The van der Waals surface area contributed by atoms with Crippen molar-refractivity contribution in [1.82, 2.24) is 4.98 Å². The Kier molecular flexibility index (Phi) is 5.87. The number of H-pyrrole nitrogens is 1. The van der Waals surface area contributed by atoms with Gasteiger partial charge in [0, 0.05) is 22.0 Å². The molecule has 0 saturated heterocycles. The van der Waals surface area contributed by atoms with Gasteiger partial charge in [0.2, 0.25) is 0 Å². The van der Waals surface area contributed by atoms with E-state index < -0.39 is 22.0 Å². The van der Waals surface area contributed by atoms with Gasteiger partial charge in [0.1, 0.15) is 21.2 Å². The van der Waals surface area contributed by atoms with Gasteiger partial charge in [0.15, 0.2) is 0 Å². The molecule has 0 spiro atoms. The van der Waals surface area contributed by atoms with Gasteiger partial charge in [-0.05, 0) is 24.4 Å². The first-order valence-corrected chi connectivity index (χ1v) is 11.2. The van der Waals surface area contributed by atoms with E-state index in [2.05, 4.69) is 14.4 Å². The smallest absolute Gasteiger partial charge is 0.354 e. The summed E-state index contributed by atoms with van der Waals surface area (Å²) in [6, 6.07) is 4.83. The molecule has 3 aromatic rings. The van der Waals surface area contributed by atoms with Gasteiger partial charge >= 0.3 is 11.9 Å². The number of anilines is 1. The van der Waals surface area contributed by atoms with Gasteiger partial charge in [-0.3, -0.25) is 4.72 Å². The van der Waals surface area contributed by atoms with Gasteiger partial charge in [-0.25, -0.2) is 18.0 Å². The monoisotopic (exact) mass is 440 g/mol. The summed E-state index contributed by atoms with van der Waals surface area (Å²) in [5.74, 6) is -1.31. The van der Waals surface area contributed by atoms with Crippen LogP contribution in [0.5, 0.6) is 0 Å². The van der Waals surface area contributed by atoms with Crippen LogP contribution < -0.4 is 4.72 Å². The van der Waals surface area contributed by atoms with E-state index in [0.29, 0.717) is 5.56 Å². The van der Waals surface area contributed by atoms with Crippen LogP contribution in [0.4, 0.5) is 5.00 Å². The Labute approximate surface area is 169 Å². The average Bonchev–Trinajstić information content (AvgIpc) is 3.40. The summed E-state index contributed by atoms with van der Waals surface area (Å²) in [6.45, 7) is 1.83. The number of ether oxygens (including phenoxy) is 2. The van der Waals surface area contributed by atoms with Crippen molar-refractivity contribution in [3.8, 4) is 10.4 Å². The van der Waals surface area contributed by atoms with Crippen molar-refractivity contribution in [3.05, 3.63) is 46.4 Å². The number of sulfonamides is 1. The van der Waals surface area contributed by atoms with E-state index in [-0.39, 0.29) is 27.8 Å². The molecule has 3 heterocycles. The van der Waals surface area contributed by atoms with E-state index in [9.17, 15) is 18.0 Å². The molecule has 0 aliphatic carbocycles. The summed E-state index contributed by atoms with van der Waals surface area (Å²) < 4.78 is 37.5. The summed E-state index contributed by atoms with van der Waals surface area (Å²) in [5.41, 5.74) is 0.751. The van der Waals surface area contributed by atoms with Crippen molar-refractivity contribution in [3.63, 3.8) is 0 Å². The number of aromatic amines is 1. The van der Waals surface area contributed by atoms with Crippen LogP contribution in [-0.4, -0.2) is 39.1 Å². The lowest BCUT2D eigenvalue weighted by atomic mass is 10.1. The number of esters is 2. The molecule has 0 aliphatic rings. The Balaban J connectivity index is 1.98. The SMILES string of the molecule is CCOC(=O)c1c(-c2cccs2)csc1NS(=O)(=O)c1c[nH]c(C(=O)OC)c1. The Morgan fingerprint density at radius 2 is 2.04 bits per heavy atom. The number of hydrogen-bond donors (Lipinski definition) is 2. The minimum atomic E-state index is -4.04. The van der Waals surface area contributed by atoms with Gasteiger partial charge in [-0.15, -0.1) is 22.7 Å². The van der Waals surface area contributed by atoms with Gasteiger partial charge < -0.3 is 14.5 Å². The Hall–Kier alpha value is -2.63. The normalized spacial score (nSPS) is 11.2. The molecule has 0 fully saturated rings. The first-order chi connectivity index (χ1) is 13.4. The topological polar surface area (TPSA) is 115 Å². The fraction of sp³-hybridized carbons (Fsp3) is 0.176. The molecule has 8 nitrogen and oxygen atoms in total. The van der Waals surface area contributed by atoms with Crippen LogP contribution in [0.25, 0.3) is 10.4 Å². The van der Waals surface area contributed by atoms with Crippen molar-refractivity contribution in [2.75, 3.05) is 18.4 Å². The molecule has 0 atom stereocenters. The molecule has 28 heavy (non-hydrogen) atoms. The Bertz CT molecular complexity index is 1100. The van der Waals surface area contributed by atoms with Gasteiger partial charge in [-0.2, -0.15) is 0 Å². The summed E-state index contributed by atoms with van der Waals surface area (Å²) in [7, 11) is -2.85. The molecule has 0 saturated carbocycles. The predicted octanol–water partition coefficient (Wildman–Crippen LogP) is 3.57. The molecule has 0 aromatic carbocycles. The molecule has 2 N–H and O–H groups in total. The van der Waals surface area contributed by atoms with Crippen molar-refractivity contribution in [2.45, 2.75) is 11.8 Å². The van der Waals surface area contributed by atoms with Crippen LogP contribution in [0.1, 0.15) is 27.8 Å². The van der Waals surface area contributed by atoms with Crippen molar-refractivity contribution in [1.29, 1.82) is 0 Å². The highest BCUT2D eigenvalue weighted by molar-refractivity contribution is 7.93. The number of carbonyl (C=O) groups excluding carboxylic acids is 2. The summed E-state index contributed by atoms with van der Waals surface area (Å²) in [6.07, 6.45) is 1.17. The minimum Gasteiger partial charge on any atom is -0.464 e. The molecular weight excluding hydrogens is 424 g/mol. The van der Waals surface area contributed by atoms with Crippen LogP contribution in [0, 0.1) is 0 Å². The maximum atomic E-state index is 12.7. The van der Waals surface area contributed by atoms with E-state index in [1.807, 2.05) is 17.5 Å². The number of hydrogen-bond acceptors (Lipinski definition) is 8. The molecule has 3 rings (SSSR count). The highest BCUT2D eigenvalue weighted by atomic mass is 32.2. The third kappa shape index (κ3) is 3.96. The lowest BCUT2D eigenvalue weighted by Crippen LogP contribution is -2.15. The van der Waals surface area contributed by atoms with Crippen molar-refractivity contribution in [2.24, 2.45) is 0 Å². The fourth-order valence-electron chi connectivity index (χ4n) is 2.39. The molecular formula is C17H16N2O6S3. The number of methoxy groups -OCH3 is 1. The lowest BCUT2D eigenvalue weighted by Gasteiger charge is -2.08. The summed E-state index contributed by atoms with van der Waals surface area (Å²) >= 11 is 2.51. The number of thiophene rings is 2. The van der Waals surface area contributed by atoms with Gasteiger partial charge in [0.05, 0.1) is 13.7 Å². The number of aromatic nitrogens is 1. The van der Waals surface area contributed by atoms with E-state index in [4.69, 9.17) is 4.74 Å². The number of nitrogens with one attached hydrogen (secondary N) is 2. The van der Waals surface area contributed by atoms with Crippen LogP contribution in [0.2, 0.25) is 0 Å². The second-order valence-corrected chi connectivity index (χ2v) is 8.91. The van der Waals surface area contributed by atoms with Crippen LogP contribution in [-0.2, 0) is 19.5 Å². The van der Waals surface area contributed by atoms with E-state index in [1.165, 1.54) is 24.6 Å². The Morgan fingerprint density at radius 3 is 2.68 bits per heavy atom. The van der Waals surface area contributed by atoms with Crippen LogP contribution in [0.3, 0.4) is 0 Å². The zero-order valence-corrected chi connectivity index (χ0v) is 17.3. The largest absolute Gasteiger partial charge is 0.464 e. The summed E-state index contributed by atoms with van der Waals surface area (Å²) in [4.78, 5) is 27.2. The number of carbonyl (C=O) groups is 2. The highest BCUT2D eigenvalue weighted by Crippen LogP contribution is 2.39. The van der Waals surface area contributed by atoms with Gasteiger partial charge in [-0.1, -0.05) is 6.07 Å². The van der Waals surface area contributed by atoms with E-state index in [1.54, 1.807) is 12.3 Å². The average molecular weight is 441 g/mol. The molecule has 3 aromatic heterocycles. The quantitative estimate of drug-likeness (QED) is 0.543. The highest BCUT2D eigenvalue weighted by Gasteiger charge is 2.26. The second-order valence-electron chi connectivity index (χ2n) is 5.40. The Morgan fingerprint density at radius 1 is 1.25 bits per heavy atom. The van der Waals surface area contributed by atoms with Crippen molar-refractivity contribution >= 4 is 49.6 Å². The molecule has 148 valence electrons. The fourth-order valence-corrected chi connectivity index (χ4v) is 5.48. The van der Waals surface area contributed by atoms with Crippen LogP contribution >= 0.6 is 22.7 Å². The van der Waals surface area contributed by atoms with E-state index >= 15 is 0 Å².